The van der Waals surface area contributed by atoms with Crippen LogP contribution in [-0.2, 0) is 15.9 Å². The number of carbonyl (C=O) groups is 2. The smallest absolute Gasteiger partial charge is 0.420 e. The van der Waals surface area contributed by atoms with Crippen LogP contribution in [0.2, 0.25) is 0 Å². The molecule has 1 unspecified atom stereocenters. The predicted molar refractivity (Wildman–Crippen MR) is 107 cm³/mol. The highest BCUT2D eigenvalue weighted by Crippen LogP contribution is 2.38. The van der Waals surface area contributed by atoms with Crippen molar-refractivity contribution < 1.29 is 19.1 Å². The molecule has 1 aliphatic carbocycles. The van der Waals surface area contributed by atoms with Crippen molar-refractivity contribution in [2.45, 2.75) is 78.0 Å². The van der Waals surface area contributed by atoms with Crippen LogP contribution in [0.5, 0.6) is 0 Å². The van der Waals surface area contributed by atoms with E-state index in [1.165, 1.54) is 0 Å². The number of fused-ring (bicyclic) bond motifs is 1. The van der Waals surface area contributed by atoms with Crippen molar-refractivity contribution in [1.82, 2.24) is 4.90 Å². The molecule has 148 valence electrons. The lowest BCUT2D eigenvalue weighted by Gasteiger charge is -2.37. The van der Waals surface area contributed by atoms with Gasteiger partial charge in [-0.2, -0.15) is 0 Å². The van der Waals surface area contributed by atoms with Crippen molar-refractivity contribution in [3.05, 3.63) is 41.5 Å². The fourth-order valence-electron chi connectivity index (χ4n) is 3.27. The lowest BCUT2D eigenvalue weighted by molar-refractivity contribution is -0.00916. The minimum Gasteiger partial charge on any atom is -0.443 e. The van der Waals surface area contributed by atoms with E-state index in [0.29, 0.717) is 6.42 Å². The highest BCUT2D eigenvalue weighted by Gasteiger charge is 2.39. The van der Waals surface area contributed by atoms with Crippen LogP contribution in [0.1, 0.15) is 77.1 Å². The van der Waals surface area contributed by atoms with Gasteiger partial charge in [-0.3, -0.25) is 0 Å². The number of amides is 2. The van der Waals surface area contributed by atoms with Crippen LogP contribution < -0.4 is 0 Å². The van der Waals surface area contributed by atoms with Crippen LogP contribution in [0.4, 0.5) is 9.59 Å². The molecule has 0 radical (unpaired) electrons. The molecule has 1 aliphatic rings. The Labute approximate surface area is 162 Å². The summed E-state index contributed by atoms with van der Waals surface area (Å²) in [7, 11) is 0. The second-order valence-electron chi connectivity index (χ2n) is 8.86. The SMILES string of the molecule is C=Cc1cccc2c1C(N(C(=O)OC(C)(C)C)C(=O)OC(C)(C)C)CCC2. The minimum absolute atomic E-state index is 0.437. The molecule has 0 N–H and O–H groups in total. The van der Waals surface area contributed by atoms with Crippen molar-refractivity contribution in [2.75, 3.05) is 0 Å². The van der Waals surface area contributed by atoms with Gasteiger partial charge in [-0.05, 0) is 77.5 Å². The maximum absolute atomic E-state index is 13.0. The van der Waals surface area contributed by atoms with Crippen molar-refractivity contribution in [2.24, 2.45) is 0 Å². The first-order valence-corrected chi connectivity index (χ1v) is 9.42. The third kappa shape index (κ3) is 5.34. The van der Waals surface area contributed by atoms with Crippen molar-refractivity contribution >= 4 is 18.3 Å². The summed E-state index contributed by atoms with van der Waals surface area (Å²) >= 11 is 0. The van der Waals surface area contributed by atoms with E-state index >= 15 is 0 Å². The van der Waals surface area contributed by atoms with E-state index in [0.717, 1.165) is 34.4 Å². The highest BCUT2D eigenvalue weighted by molar-refractivity contribution is 5.89. The zero-order chi connectivity index (χ0) is 20.4. The first-order chi connectivity index (χ1) is 12.4. The Kier molecular flexibility index (Phi) is 6.03. The molecule has 0 saturated carbocycles. The predicted octanol–water partition coefficient (Wildman–Crippen LogP) is 5.88. The second kappa shape index (κ2) is 7.75. The number of imide groups is 1. The van der Waals surface area contributed by atoms with E-state index in [4.69, 9.17) is 9.47 Å². The van der Waals surface area contributed by atoms with Crippen molar-refractivity contribution in [1.29, 1.82) is 0 Å². The van der Waals surface area contributed by atoms with Gasteiger partial charge in [0.15, 0.2) is 0 Å². The number of hydrogen-bond acceptors (Lipinski definition) is 4. The van der Waals surface area contributed by atoms with Gasteiger partial charge in [0.05, 0.1) is 6.04 Å². The Balaban J connectivity index is 2.50. The largest absolute Gasteiger partial charge is 0.443 e. The average Bonchev–Trinajstić information content (AvgIpc) is 2.51. The number of ether oxygens (including phenoxy) is 2. The van der Waals surface area contributed by atoms with Crippen LogP contribution in [0, 0.1) is 0 Å². The molecule has 0 aromatic heterocycles. The third-order valence-corrected chi connectivity index (χ3v) is 4.20. The first kappa shape index (κ1) is 21.0. The zero-order valence-corrected chi connectivity index (χ0v) is 17.3. The van der Waals surface area contributed by atoms with Crippen LogP contribution >= 0.6 is 0 Å². The van der Waals surface area contributed by atoms with Gasteiger partial charge in [0.25, 0.3) is 0 Å². The van der Waals surface area contributed by atoms with Crippen LogP contribution in [0.3, 0.4) is 0 Å². The summed E-state index contributed by atoms with van der Waals surface area (Å²) in [6.07, 6.45) is 2.84. The summed E-state index contributed by atoms with van der Waals surface area (Å²) in [6.45, 7) is 14.6. The summed E-state index contributed by atoms with van der Waals surface area (Å²) in [6, 6.07) is 5.53. The molecule has 5 nitrogen and oxygen atoms in total. The number of nitrogens with zero attached hydrogens (tertiary/aromatic N) is 1. The molecule has 0 saturated heterocycles. The summed E-state index contributed by atoms with van der Waals surface area (Å²) in [5.41, 5.74) is 1.57. The Bertz CT molecular complexity index is 697. The topological polar surface area (TPSA) is 55.8 Å². The van der Waals surface area contributed by atoms with Crippen molar-refractivity contribution in [3.8, 4) is 0 Å². The Morgan fingerprint density at radius 1 is 1.07 bits per heavy atom. The summed E-state index contributed by atoms with van der Waals surface area (Å²) < 4.78 is 11.1. The number of hydrogen-bond donors (Lipinski definition) is 0. The molecule has 0 spiro atoms. The van der Waals surface area contributed by atoms with E-state index in [1.54, 1.807) is 47.6 Å². The molecule has 2 rings (SSSR count). The molecule has 1 aromatic carbocycles. The highest BCUT2D eigenvalue weighted by atomic mass is 16.6. The number of rotatable bonds is 2. The molecular formula is C22H31NO4. The summed E-state index contributed by atoms with van der Waals surface area (Å²) in [4.78, 5) is 27.1. The van der Waals surface area contributed by atoms with Crippen LogP contribution in [-0.4, -0.2) is 28.3 Å². The van der Waals surface area contributed by atoms with E-state index < -0.39 is 29.4 Å². The molecule has 2 amide bonds. The van der Waals surface area contributed by atoms with E-state index in [-0.39, 0.29) is 0 Å². The fraction of sp³-hybridized carbons (Fsp3) is 0.545. The average molecular weight is 373 g/mol. The maximum Gasteiger partial charge on any atom is 0.420 e. The molecule has 0 heterocycles. The van der Waals surface area contributed by atoms with Gasteiger partial charge in [-0.25, -0.2) is 14.5 Å². The monoisotopic (exact) mass is 373 g/mol. The Morgan fingerprint density at radius 2 is 1.63 bits per heavy atom. The van der Waals surface area contributed by atoms with Gasteiger partial charge in [-0.1, -0.05) is 30.9 Å². The molecule has 1 aromatic rings. The normalized spacial score (nSPS) is 16.9. The molecule has 1 atom stereocenters. The van der Waals surface area contributed by atoms with Crippen molar-refractivity contribution in [3.63, 3.8) is 0 Å². The molecule has 5 heteroatoms. The lowest BCUT2D eigenvalue weighted by atomic mass is 9.84. The van der Waals surface area contributed by atoms with Crippen LogP contribution in [0.15, 0.2) is 24.8 Å². The third-order valence-electron chi connectivity index (χ3n) is 4.20. The molecule has 0 fully saturated rings. The zero-order valence-electron chi connectivity index (χ0n) is 17.3. The van der Waals surface area contributed by atoms with Crippen LogP contribution in [0.25, 0.3) is 6.08 Å². The second-order valence-corrected chi connectivity index (χ2v) is 8.86. The van der Waals surface area contributed by atoms with E-state index in [9.17, 15) is 9.59 Å². The summed E-state index contributed by atoms with van der Waals surface area (Å²) in [5.74, 6) is 0. The van der Waals surface area contributed by atoms with Gasteiger partial charge < -0.3 is 9.47 Å². The number of benzene rings is 1. The first-order valence-electron chi connectivity index (χ1n) is 9.42. The van der Waals surface area contributed by atoms with E-state index in [1.807, 2.05) is 18.2 Å². The molecule has 0 aliphatic heterocycles. The van der Waals surface area contributed by atoms with E-state index in [2.05, 4.69) is 6.58 Å². The lowest BCUT2D eigenvalue weighted by Crippen LogP contribution is -2.46. The maximum atomic E-state index is 13.0. The molecule has 27 heavy (non-hydrogen) atoms. The van der Waals surface area contributed by atoms with Gasteiger partial charge in [0.1, 0.15) is 11.2 Å². The Morgan fingerprint density at radius 3 is 2.11 bits per heavy atom. The number of carbonyl (C=O) groups excluding carboxylic acids is 2. The Hall–Kier alpha value is -2.30. The van der Waals surface area contributed by atoms with Gasteiger partial charge in [0, 0.05) is 0 Å². The molecule has 0 bridgehead atoms. The standard InChI is InChI=1S/C22H31NO4/c1-8-15-11-9-12-16-13-10-14-17(18(15)16)23(19(24)26-21(2,3)4)20(25)27-22(5,6)7/h8-9,11-12,17H,1,10,13-14H2,2-7H3. The van der Waals surface area contributed by atoms with Gasteiger partial charge in [0.2, 0.25) is 0 Å². The summed E-state index contributed by atoms with van der Waals surface area (Å²) in [5, 5.41) is 0. The van der Waals surface area contributed by atoms with Gasteiger partial charge in [-0.15, -0.1) is 0 Å². The quantitative estimate of drug-likeness (QED) is 0.649. The minimum atomic E-state index is -0.715. The molecular weight excluding hydrogens is 342 g/mol. The number of aryl methyl sites for hydroxylation is 1. The van der Waals surface area contributed by atoms with Gasteiger partial charge >= 0.3 is 12.2 Å². The fourth-order valence-corrected chi connectivity index (χ4v) is 3.27.